The summed E-state index contributed by atoms with van der Waals surface area (Å²) < 4.78 is 3.19. The molecule has 0 aliphatic rings. The van der Waals surface area contributed by atoms with Gasteiger partial charge in [-0.15, -0.1) is 0 Å². The van der Waals surface area contributed by atoms with Gasteiger partial charge in [0.05, 0.1) is 27.0 Å². The fourth-order valence-electron chi connectivity index (χ4n) is 3.13. The lowest BCUT2D eigenvalue weighted by Gasteiger charge is -2.08. The minimum absolute atomic E-state index is 0.150. The Morgan fingerprint density at radius 3 is 1.70 bits per heavy atom. The number of rotatable bonds is 3. The Morgan fingerprint density at radius 2 is 1.22 bits per heavy atom. The van der Waals surface area contributed by atoms with E-state index in [4.69, 9.17) is 0 Å². The van der Waals surface area contributed by atoms with Gasteiger partial charge in [-0.05, 0) is 24.3 Å². The zero-order valence-corrected chi connectivity index (χ0v) is 13.8. The molecule has 0 bridgehead atoms. The molecule has 0 unspecified atom stereocenters. The summed E-state index contributed by atoms with van der Waals surface area (Å²) in [6.45, 7) is 0. The van der Waals surface area contributed by atoms with Crippen LogP contribution in [0.25, 0.3) is 33.7 Å². The molecule has 3 aromatic heterocycles. The van der Waals surface area contributed by atoms with E-state index in [1.54, 1.807) is 9.13 Å². The maximum absolute atomic E-state index is 12.0. The van der Waals surface area contributed by atoms with Crippen molar-refractivity contribution in [2.24, 2.45) is 0 Å². The van der Waals surface area contributed by atoms with Crippen molar-refractivity contribution < 1.29 is 4.92 Å². The van der Waals surface area contributed by atoms with Crippen LogP contribution in [-0.2, 0) is 0 Å². The predicted molar refractivity (Wildman–Crippen MR) is 97.9 cm³/mol. The summed E-state index contributed by atoms with van der Waals surface area (Å²) in [5.74, 6) is 0.299. The van der Waals surface area contributed by atoms with Gasteiger partial charge in [0.25, 0.3) is 0 Å². The molecule has 9 heteroatoms. The Bertz CT molecular complexity index is 1230. The maximum Gasteiger partial charge on any atom is 0.355 e. The minimum Gasteiger partial charge on any atom is -0.277 e. The van der Waals surface area contributed by atoms with Crippen LogP contribution < -0.4 is 0 Å². The Morgan fingerprint density at radius 1 is 0.741 bits per heavy atom. The molecule has 0 aliphatic heterocycles. The third kappa shape index (κ3) is 2.25. The van der Waals surface area contributed by atoms with Crippen molar-refractivity contribution in [2.45, 2.75) is 0 Å². The van der Waals surface area contributed by atoms with Crippen molar-refractivity contribution in [2.75, 3.05) is 0 Å². The lowest BCUT2D eigenvalue weighted by atomic mass is 10.3. The van der Waals surface area contributed by atoms with Crippen LogP contribution in [0.2, 0.25) is 0 Å². The highest BCUT2D eigenvalue weighted by molar-refractivity contribution is 5.80. The van der Waals surface area contributed by atoms with Gasteiger partial charge in [0.1, 0.15) is 19.0 Å². The van der Waals surface area contributed by atoms with Gasteiger partial charge >= 0.3 is 5.69 Å². The fourth-order valence-corrected chi connectivity index (χ4v) is 3.13. The van der Waals surface area contributed by atoms with E-state index in [0.717, 1.165) is 22.1 Å². The molecule has 0 saturated heterocycles. The van der Waals surface area contributed by atoms with Gasteiger partial charge in [-0.2, -0.15) is 0 Å². The summed E-state index contributed by atoms with van der Waals surface area (Å²) in [5, 5.41) is 12.0. The van der Waals surface area contributed by atoms with E-state index in [9.17, 15) is 10.1 Å². The SMILES string of the molecule is O=[N+]([O-])c1c(-n2cnc3ccccc32)ncnc1-n1cnc2ccccc21. The summed E-state index contributed by atoms with van der Waals surface area (Å²) in [7, 11) is 0. The standard InChI is InChI=1S/C18H11N7O2/c26-25(27)16-17(23-10-21-12-5-1-3-7-14(12)23)19-9-20-18(16)24-11-22-13-6-2-4-8-15(13)24/h1-11H. The molecular formula is C18H11N7O2. The molecule has 0 aliphatic carbocycles. The number of para-hydroxylation sites is 4. The van der Waals surface area contributed by atoms with Gasteiger partial charge in [-0.1, -0.05) is 24.3 Å². The molecule has 0 fully saturated rings. The van der Waals surface area contributed by atoms with Crippen LogP contribution in [0.1, 0.15) is 0 Å². The monoisotopic (exact) mass is 357 g/mol. The molecule has 5 aromatic rings. The molecule has 2 aromatic carbocycles. The predicted octanol–water partition coefficient (Wildman–Crippen LogP) is 3.06. The molecule has 0 amide bonds. The minimum atomic E-state index is -0.478. The van der Waals surface area contributed by atoms with E-state index in [0.29, 0.717) is 0 Å². The summed E-state index contributed by atoms with van der Waals surface area (Å²) >= 11 is 0. The first kappa shape index (κ1) is 15.1. The second kappa shape index (κ2) is 5.70. The summed E-state index contributed by atoms with van der Waals surface area (Å²) in [6.07, 6.45) is 4.35. The molecule has 27 heavy (non-hydrogen) atoms. The third-order valence-corrected chi connectivity index (χ3v) is 4.33. The molecule has 5 rings (SSSR count). The van der Waals surface area contributed by atoms with Crippen molar-refractivity contribution >= 4 is 27.8 Å². The highest BCUT2D eigenvalue weighted by Gasteiger charge is 2.27. The van der Waals surface area contributed by atoms with Crippen molar-refractivity contribution in [3.8, 4) is 11.6 Å². The average molecular weight is 357 g/mol. The molecular weight excluding hydrogens is 346 g/mol. The fraction of sp³-hybridized carbons (Fsp3) is 0. The smallest absolute Gasteiger partial charge is 0.277 e. The van der Waals surface area contributed by atoms with E-state index in [1.807, 2.05) is 48.5 Å². The van der Waals surface area contributed by atoms with Gasteiger partial charge in [-0.25, -0.2) is 19.9 Å². The van der Waals surface area contributed by atoms with Crippen LogP contribution in [0.3, 0.4) is 0 Å². The number of imidazole rings is 2. The number of benzene rings is 2. The Labute approximate surface area is 151 Å². The quantitative estimate of drug-likeness (QED) is 0.363. The molecule has 130 valence electrons. The van der Waals surface area contributed by atoms with Gasteiger partial charge in [0.2, 0.25) is 11.6 Å². The van der Waals surface area contributed by atoms with Gasteiger partial charge in [-0.3, -0.25) is 19.2 Å². The second-order valence-corrected chi connectivity index (χ2v) is 5.83. The Hall–Kier alpha value is -4.14. The molecule has 0 radical (unpaired) electrons. The van der Waals surface area contributed by atoms with Crippen LogP contribution in [0.4, 0.5) is 5.69 Å². The molecule has 9 nitrogen and oxygen atoms in total. The Balaban J connectivity index is 1.82. The van der Waals surface area contributed by atoms with E-state index < -0.39 is 4.92 Å². The van der Waals surface area contributed by atoms with Crippen molar-refractivity contribution in [3.05, 3.63) is 77.6 Å². The number of nitrogens with zero attached hydrogens (tertiary/aromatic N) is 7. The van der Waals surface area contributed by atoms with E-state index in [1.165, 1.54) is 19.0 Å². The largest absolute Gasteiger partial charge is 0.355 e. The maximum atomic E-state index is 12.0. The van der Waals surface area contributed by atoms with E-state index >= 15 is 0 Å². The molecule has 3 heterocycles. The highest BCUT2D eigenvalue weighted by Crippen LogP contribution is 2.30. The lowest BCUT2D eigenvalue weighted by molar-refractivity contribution is -0.384. The summed E-state index contributed by atoms with van der Waals surface area (Å²) in [4.78, 5) is 28.4. The third-order valence-electron chi connectivity index (χ3n) is 4.33. The normalized spacial score (nSPS) is 11.3. The van der Waals surface area contributed by atoms with Crippen LogP contribution in [-0.4, -0.2) is 34.0 Å². The van der Waals surface area contributed by atoms with E-state index in [-0.39, 0.29) is 17.3 Å². The van der Waals surface area contributed by atoms with Crippen LogP contribution in [0.5, 0.6) is 0 Å². The zero-order valence-electron chi connectivity index (χ0n) is 13.8. The zero-order chi connectivity index (χ0) is 18.4. The first-order valence-corrected chi connectivity index (χ1v) is 8.08. The number of fused-ring (bicyclic) bond motifs is 2. The van der Waals surface area contributed by atoms with Crippen molar-refractivity contribution in [1.29, 1.82) is 0 Å². The van der Waals surface area contributed by atoms with Gasteiger partial charge in [0, 0.05) is 0 Å². The van der Waals surface area contributed by atoms with E-state index in [2.05, 4.69) is 19.9 Å². The van der Waals surface area contributed by atoms with Gasteiger partial charge in [0.15, 0.2) is 0 Å². The van der Waals surface area contributed by atoms with Crippen LogP contribution >= 0.6 is 0 Å². The number of aromatic nitrogens is 6. The van der Waals surface area contributed by atoms with Crippen LogP contribution in [0, 0.1) is 10.1 Å². The number of hydrogen-bond donors (Lipinski definition) is 0. The molecule has 0 saturated carbocycles. The lowest BCUT2D eigenvalue weighted by Crippen LogP contribution is -2.09. The van der Waals surface area contributed by atoms with Gasteiger partial charge < -0.3 is 0 Å². The molecule has 0 spiro atoms. The molecule has 0 atom stereocenters. The second-order valence-electron chi connectivity index (χ2n) is 5.83. The summed E-state index contributed by atoms with van der Waals surface area (Å²) in [6, 6.07) is 14.7. The van der Waals surface area contributed by atoms with Crippen LogP contribution in [0.15, 0.2) is 67.5 Å². The van der Waals surface area contributed by atoms with Crippen molar-refractivity contribution in [1.82, 2.24) is 29.1 Å². The summed E-state index contributed by atoms with van der Waals surface area (Å²) in [5.41, 5.74) is 2.67. The first-order valence-electron chi connectivity index (χ1n) is 8.08. The topological polar surface area (TPSA) is 105 Å². The number of nitro groups is 1. The van der Waals surface area contributed by atoms with Crippen molar-refractivity contribution in [3.63, 3.8) is 0 Å². The first-order chi connectivity index (χ1) is 13.2. The highest BCUT2D eigenvalue weighted by atomic mass is 16.6. The average Bonchev–Trinajstić information content (AvgIpc) is 3.31. The Kier molecular flexibility index (Phi) is 3.20. The molecule has 0 N–H and O–H groups in total. The number of hydrogen-bond acceptors (Lipinski definition) is 6.